The molecule has 0 unspecified atom stereocenters. The number of ether oxygens (including phenoxy) is 1. The first-order valence-electron chi connectivity index (χ1n) is 10.5. The summed E-state index contributed by atoms with van der Waals surface area (Å²) in [5, 5.41) is 8.52. The van der Waals surface area contributed by atoms with E-state index in [-0.39, 0.29) is 11.9 Å². The molecule has 3 amide bonds. The molecule has 1 aliphatic rings. The second-order valence-corrected chi connectivity index (χ2v) is 7.52. The Morgan fingerprint density at radius 3 is 2.43 bits per heavy atom. The van der Waals surface area contributed by atoms with Crippen LogP contribution in [0, 0.1) is 0 Å². The monoisotopic (exact) mass is 410 g/mol. The van der Waals surface area contributed by atoms with E-state index in [1.807, 2.05) is 30.3 Å². The smallest absolute Gasteiger partial charge is 0.319 e. The zero-order chi connectivity index (χ0) is 21.2. The van der Waals surface area contributed by atoms with Crippen molar-refractivity contribution in [2.75, 3.05) is 11.9 Å². The van der Waals surface area contributed by atoms with Crippen LogP contribution in [0.15, 0.2) is 54.6 Å². The number of urea groups is 1. The van der Waals surface area contributed by atoms with Crippen LogP contribution in [0.2, 0.25) is 0 Å². The second-order valence-electron chi connectivity index (χ2n) is 7.52. The van der Waals surface area contributed by atoms with E-state index in [0.29, 0.717) is 31.0 Å². The molecule has 1 aliphatic carbocycles. The van der Waals surface area contributed by atoms with Gasteiger partial charge in [-0.25, -0.2) is 4.79 Å². The zero-order valence-corrected chi connectivity index (χ0v) is 17.1. The minimum atomic E-state index is -0.564. The van der Waals surface area contributed by atoms with Gasteiger partial charge in [0.1, 0.15) is 18.4 Å². The third-order valence-electron chi connectivity index (χ3n) is 4.85. The highest BCUT2D eigenvalue weighted by atomic mass is 16.5. The summed E-state index contributed by atoms with van der Waals surface area (Å²) in [5.74, 6) is 0.586. The Morgan fingerprint density at radius 2 is 1.77 bits per heavy atom. The number of amides is 3. The van der Waals surface area contributed by atoms with Crippen LogP contribution < -0.4 is 26.4 Å². The van der Waals surface area contributed by atoms with Gasteiger partial charge in [-0.1, -0.05) is 30.3 Å². The minimum absolute atomic E-state index is 0.130. The van der Waals surface area contributed by atoms with Gasteiger partial charge in [0, 0.05) is 11.7 Å². The summed E-state index contributed by atoms with van der Waals surface area (Å²) >= 11 is 0. The van der Waals surface area contributed by atoms with Crippen LogP contribution in [0.1, 0.15) is 37.7 Å². The average Bonchev–Trinajstić information content (AvgIpc) is 3.57. The first-order valence-corrected chi connectivity index (χ1v) is 10.5. The largest absolute Gasteiger partial charge is 0.489 e. The molecule has 0 spiro atoms. The number of hydrogen-bond donors (Lipinski definition) is 4. The molecule has 2 aromatic rings. The van der Waals surface area contributed by atoms with Crippen LogP contribution in [0.4, 0.5) is 10.5 Å². The van der Waals surface area contributed by atoms with Gasteiger partial charge in [-0.2, -0.15) is 0 Å². The number of rotatable bonds is 11. The lowest BCUT2D eigenvalue weighted by molar-refractivity contribution is -0.123. The van der Waals surface area contributed by atoms with Crippen LogP contribution in [-0.4, -0.2) is 30.6 Å². The van der Waals surface area contributed by atoms with Crippen LogP contribution in [-0.2, 0) is 11.4 Å². The fourth-order valence-corrected chi connectivity index (χ4v) is 2.99. The molecule has 2 aromatic carbocycles. The van der Waals surface area contributed by atoms with E-state index in [2.05, 4.69) is 16.0 Å². The van der Waals surface area contributed by atoms with Crippen LogP contribution >= 0.6 is 0 Å². The molecule has 0 radical (unpaired) electrons. The van der Waals surface area contributed by atoms with Crippen molar-refractivity contribution in [2.24, 2.45) is 5.73 Å². The molecule has 3 rings (SSSR count). The summed E-state index contributed by atoms with van der Waals surface area (Å²) < 4.78 is 5.75. The standard InChI is InChI=1S/C23H30N4O3/c24-15-5-4-8-21(22(28)25-18-9-10-18)27-23(29)26-19-11-13-20(14-12-19)30-16-17-6-2-1-3-7-17/h1-3,6-7,11-14,18,21H,4-5,8-10,15-16,24H2,(H,25,28)(H2,26,27,29)/t21-/m0/s1. The molecular formula is C23H30N4O3. The van der Waals surface area contributed by atoms with Gasteiger partial charge >= 0.3 is 6.03 Å². The molecule has 0 aliphatic heterocycles. The third-order valence-corrected chi connectivity index (χ3v) is 4.85. The number of hydrogen-bond acceptors (Lipinski definition) is 4. The topological polar surface area (TPSA) is 105 Å². The Bertz CT molecular complexity index is 807. The number of anilines is 1. The second kappa shape index (κ2) is 11.2. The van der Waals surface area contributed by atoms with Crippen molar-refractivity contribution in [1.29, 1.82) is 0 Å². The van der Waals surface area contributed by atoms with Gasteiger partial charge in [-0.05, 0) is 68.5 Å². The highest BCUT2D eigenvalue weighted by Crippen LogP contribution is 2.19. The van der Waals surface area contributed by atoms with E-state index in [4.69, 9.17) is 10.5 Å². The molecule has 1 fully saturated rings. The summed E-state index contributed by atoms with van der Waals surface area (Å²) in [4.78, 5) is 24.8. The Hall–Kier alpha value is -3.06. The quantitative estimate of drug-likeness (QED) is 0.427. The maximum Gasteiger partial charge on any atom is 0.319 e. The summed E-state index contributed by atoms with van der Waals surface area (Å²) in [6, 6.07) is 16.3. The minimum Gasteiger partial charge on any atom is -0.489 e. The van der Waals surface area contributed by atoms with Gasteiger partial charge in [0.15, 0.2) is 0 Å². The van der Waals surface area contributed by atoms with Crippen molar-refractivity contribution < 1.29 is 14.3 Å². The molecular weight excluding hydrogens is 380 g/mol. The lowest BCUT2D eigenvalue weighted by Gasteiger charge is -2.19. The highest BCUT2D eigenvalue weighted by Gasteiger charge is 2.28. The Balaban J connectivity index is 1.48. The van der Waals surface area contributed by atoms with Gasteiger partial charge in [0.05, 0.1) is 0 Å². The van der Waals surface area contributed by atoms with Gasteiger partial charge in [0.25, 0.3) is 0 Å². The number of unbranched alkanes of at least 4 members (excludes halogenated alkanes) is 1. The van der Waals surface area contributed by atoms with Crippen molar-refractivity contribution in [1.82, 2.24) is 10.6 Å². The molecule has 160 valence electrons. The maximum atomic E-state index is 12.4. The van der Waals surface area contributed by atoms with Gasteiger partial charge in [0.2, 0.25) is 5.91 Å². The summed E-state index contributed by atoms with van der Waals surface area (Å²) in [5.41, 5.74) is 7.26. The predicted molar refractivity (Wildman–Crippen MR) is 117 cm³/mol. The molecule has 0 aromatic heterocycles. The number of nitrogens with two attached hydrogens (primary N) is 1. The number of nitrogens with one attached hydrogen (secondary N) is 3. The SMILES string of the molecule is NCCCC[C@H](NC(=O)Nc1ccc(OCc2ccccc2)cc1)C(=O)NC1CC1. The fourth-order valence-electron chi connectivity index (χ4n) is 2.99. The van der Waals surface area contributed by atoms with Crippen molar-refractivity contribution in [3.8, 4) is 5.75 Å². The van der Waals surface area contributed by atoms with Gasteiger partial charge in [-0.15, -0.1) is 0 Å². The predicted octanol–water partition coefficient (Wildman–Crippen LogP) is 3.16. The summed E-state index contributed by atoms with van der Waals surface area (Å²) in [6.45, 7) is 1.05. The normalized spacial score (nSPS) is 13.9. The number of carbonyl (C=O) groups is 2. The number of carbonyl (C=O) groups excluding carboxylic acids is 2. The van der Waals surface area contributed by atoms with Crippen molar-refractivity contribution in [2.45, 2.75) is 50.8 Å². The Morgan fingerprint density at radius 1 is 1.03 bits per heavy atom. The third kappa shape index (κ3) is 7.40. The Labute approximate surface area is 177 Å². The lowest BCUT2D eigenvalue weighted by atomic mass is 10.1. The molecule has 5 N–H and O–H groups in total. The first-order chi connectivity index (χ1) is 14.6. The highest BCUT2D eigenvalue weighted by molar-refractivity contribution is 5.93. The lowest BCUT2D eigenvalue weighted by Crippen LogP contribution is -2.48. The summed E-state index contributed by atoms with van der Waals surface area (Å²) in [7, 11) is 0. The maximum absolute atomic E-state index is 12.4. The molecule has 30 heavy (non-hydrogen) atoms. The van der Waals surface area contributed by atoms with Crippen molar-refractivity contribution in [3.63, 3.8) is 0 Å². The molecule has 0 bridgehead atoms. The van der Waals surface area contributed by atoms with E-state index < -0.39 is 12.1 Å². The molecule has 1 saturated carbocycles. The van der Waals surface area contributed by atoms with Gasteiger partial charge < -0.3 is 26.4 Å². The molecule has 0 saturated heterocycles. The number of benzene rings is 2. The fraction of sp³-hybridized carbons (Fsp3) is 0.391. The van der Waals surface area contributed by atoms with Crippen molar-refractivity contribution >= 4 is 17.6 Å². The molecule has 1 atom stereocenters. The first kappa shape index (κ1) is 21.6. The average molecular weight is 411 g/mol. The molecule has 0 heterocycles. The van der Waals surface area contributed by atoms with Crippen molar-refractivity contribution in [3.05, 3.63) is 60.2 Å². The molecule has 7 nitrogen and oxygen atoms in total. The Kier molecular flexibility index (Phi) is 8.09. The van der Waals surface area contributed by atoms with E-state index in [0.717, 1.165) is 31.2 Å². The zero-order valence-electron chi connectivity index (χ0n) is 17.1. The molecule has 7 heteroatoms. The van der Waals surface area contributed by atoms with E-state index in [9.17, 15) is 9.59 Å². The van der Waals surface area contributed by atoms with E-state index >= 15 is 0 Å². The van der Waals surface area contributed by atoms with Crippen LogP contribution in [0.3, 0.4) is 0 Å². The van der Waals surface area contributed by atoms with E-state index in [1.165, 1.54) is 0 Å². The summed E-state index contributed by atoms with van der Waals surface area (Å²) in [6.07, 6.45) is 4.18. The van der Waals surface area contributed by atoms with E-state index in [1.54, 1.807) is 24.3 Å². The van der Waals surface area contributed by atoms with Gasteiger partial charge in [-0.3, -0.25) is 4.79 Å². The van der Waals surface area contributed by atoms with Crippen LogP contribution in [0.5, 0.6) is 5.75 Å². The van der Waals surface area contributed by atoms with Crippen LogP contribution in [0.25, 0.3) is 0 Å².